The number of carbonyl (C=O) groups excluding carboxylic acids is 2. The minimum Gasteiger partial charge on any atom is -0.457 e. The molecule has 1 N–H and O–H groups in total. The summed E-state index contributed by atoms with van der Waals surface area (Å²) in [5.74, 6) is 0.532. The highest BCUT2D eigenvalue weighted by Crippen LogP contribution is 2.30. The fraction of sp³-hybridized carbons (Fsp3) is 0.227. The zero-order valence-electron chi connectivity index (χ0n) is 16.6. The Balaban J connectivity index is 1.35. The molecular weight excluding hydrogens is 414 g/mol. The molecule has 0 unspecified atom stereocenters. The van der Waals surface area contributed by atoms with E-state index < -0.39 is 5.91 Å². The van der Waals surface area contributed by atoms with Crippen LogP contribution < -0.4 is 0 Å². The van der Waals surface area contributed by atoms with Crippen LogP contribution in [0.2, 0.25) is 0 Å². The fourth-order valence-electron chi connectivity index (χ4n) is 3.64. The summed E-state index contributed by atoms with van der Waals surface area (Å²) in [6.07, 6.45) is 3.71. The quantitative estimate of drug-likeness (QED) is 0.743. The summed E-state index contributed by atoms with van der Waals surface area (Å²) in [6, 6.07) is 13.2. The fourth-order valence-corrected chi connectivity index (χ4v) is 4.52. The highest BCUT2D eigenvalue weighted by molar-refractivity contribution is 8.27. The van der Waals surface area contributed by atoms with Crippen molar-refractivity contribution in [1.29, 1.82) is 5.41 Å². The lowest BCUT2D eigenvalue weighted by atomic mass is 10.1. The van der Waals surface area contributed by atoms with Gasteiger partial charge in [-0.1, -0.05) is 30.3 Å². The van der Waals surface area contributed by atoms with E-state index in [1.165, 1.54) is 22.8 Å². The van der Waals surface area contributed by atoms with Gasteiger partial charge >= 0.3 is 0 Å². The number of amidine groups is 2. The molecule has 2 amide bonds. The Morgan fingerprint density at radius 2 is 1.94 bits per heavy atom. The number of nitrogens with one attached hydrogen (secondary N) is 1. The molecule has 3 aliphatic rings. The van der Waals surface area contributed by atoms with Crippen molar-refractivity contribution in [3.05, 3.63) is 53.8 Å². The van der Waals surface area contributed by atoms with E-state index >= 15 is 0 Å². The molecule has 0 radical (unpaired) electrons. The maximum Gasteiger partial charge on any atom is 0.283 e. The van der Waals surface area contributed by atoms with Gasteiger partial charge in [-0.3, -0.25) is 15.0 Å². The number of amides is 2. The van der Waals surface area contributed by atoms with Crippen LogP contribution in [0.25, 0.3) is 17.4 Å². The van der Waals surface area contributed by atoms with Crippen molar-refractivity contribution < 1.29 is 14.0 Å². The van der Waals surface area contributed by atoms with Gasteiger partial charge in [0.2, 0.25) is 11.1 Å². The number of hydrogen-bond acceptors (Lipinski definition) is 6. The molecule has 2 aromatic rings. The number of hydrogen-bond donors (Lipinski definition) is 1. The van der Waals surface area contributed by atoms with Crippen molar-refractivity contribution >= 4 is 45.7 Å². The predicted octanol–water partition coefficient (Wildman–Crippen LogP) is 3.58. The number of thioether (sulfide) groups is 1. The van der Waals surface area contributed by atoms with Crippen LogP contribution in [-0.2, 0) is 9.59 Å². The topological polar surface area (TPSA) is 102 Å². The van der Waals surface area contributed by atoms with Gasteiger partial charge in [0.15, 0.2) is 5.84 Å². The number of hydrazone groups is 1. The second-order valence-corrected chi connectivity index (χ2v) is 8.39. The molecule has 31 heavy (non-hydrogen) atoms. The number of nitrogens with zero attached hydrogens (tertiary/aromatic N) is 4. The summed E-state index contributed by atoms with van der Waals surface area (Å²) < 4.78 is 5.83. The van der Waals surface area contributed by atoms with E-state index in [4.69, 9.17) is 9.83 Å². The van der Waals surface area contributed by atoms with Crippen molar-refractivity contribution in [2.24, 2.45) is 10.1 Å². The van der Waals surface area contributed by atoms with E-state index in [1.54, 1.807) is 6.07 Å². The van der Waals surface area contributed by atoms with Crippen molar-refractivity contribution in [3.63, 3.8) is 0 Å². The third-order valence-electron chi connectivity index (χ3n) is 5.23. The Kier molecular flexibility index (Phi) is 5.03. The van der Waals surface area contributed by atoms with Gasteiger partial charge in [0.05, 0.1) is 12.0 Å². The van der Waals surface area contributed by atoms with E-state index in [0.717, 1.165) is 31.5 Å². The number of furan rings is 1. The van der Waals surface area contributed by atoms with Gasteiger partial charge < -0.3 is 9.32 Å². The molecule has 5 rings (SSSR count). The predicted molar refractivity (Wildman–Crippen MR) is 120 cm³/mol. The lowest BCUT2D eigenvalue weighted by molar-refractivity contribution is -0.128. The molecule has 4 heterocycles. The number of aliphatic imine (C=N–C) groups is 1. The average Bonchev–Trinajstić information content (AvgIpc) is 3.52. The third kappa shape index (κ3) is 3.84. The normalized spacial score (nSPS) is 19.7. The number of carbonyl (C=O) groups is 2. The Bertz CT molecular complexity index is 1160. The first kappa shape index (κ1) is 19.5. The minimum atomic E-state index is -0.524. The Morgan fingerprint density at radius 1 is 1.16 bits per heavy atom. The van der Waals surface area contributed by atoms with Crippen molar-refractivity contribution in [1.82, 2.24) is 9.91 Å². The van der Waals surface area contributed by atoms with E-state index in [-0.39, 0.29) is 23.7 Å². The van der Waals surface area contributed by atoms with Crippen LogP contribution in [0.5, 0.6) is 0 Å². The summed E-state index contributed by atoms with van der Waals surface area (Å²) in [5.41, 5.74) is 1.01. The Hall–Kier alpha value is -3.46. The molecule has 8 nitrogen and oxygen atoms in total. The van der Waals surface area contributed by atoms with Crippen LogP contribution in [0.1, 0.15) is 25.0 Å². The van der Waals surface area contributed by atoms with Crippen LogP contribution in [0, 0.1) is 5.41 Å². The van der Waals surface area contributed by atoms with Gasteiger partial charge in [-0.05, 0) is 42.8 Å². The van der Waals surface area contributed by atoms with Crippen molar-refractivity contribution in [2.75, 3.05) is 13.1 Å². The smallest absolute Gasteiger partial charge is 0.283 e. The third-order valence-corrected chi connectivity index (χ3v) is 6.14. The molecular formula is C22H19N5O3S. The monoisotopic (exact) mass is 433 g/mol. The first-order chi connectivity index (χ1) is 15.1. The Labute approximate surface area is 182 Å². The number of benzene rings is 1. The van der Waals surface area contributed by atoms with Crippen LogP contribution in [0.3, 0.4) is 0 Å². The molecule has 156 valence electrons. The van der Waals surface area contributed by atoms with Gasteiger partial charge in [0, 0.05) is 18.7 Å². The molecule has 3 aliphatic heterocycles. The van der Waals surface area contributed by atoms with Gasteiger partial charge in [-0.15, -0.1) is 0 Å². The summed E-state index contributed by atoms with van der Waals surface area (Å²) in [4.78, 5) is 30.9. The minimum absolute atomic E-state index is 0.0156. The standard InChI is InChI=1S/C22H19N5O3S/c23-20-16(12-15-8-9-17(30-15)14-6-2-1-3-7-14)21(29)24-22-27(20)25-18(31-22)13-19(28)26-10-4-5-11-26/h1-3,6-9,12,23H,4-5,10-11,13H2. The van der Waals surface area contributed by atoms with Crippen molar-refractivity contribution in [2.45, 2.75) is 19.3 Å². The maximum absolute atomic E-state index is 12.6. The number of rotatable bonds is 4. The summed E-state index contributed by atoms with van der Waals surface area (Å²) in [5, 5.41) is 15.0. The van der Waals surface area contributed by atoms with E-state index in [0.29, 0.717) is 21.7 Å². The number of fused-ring (bicyclic) bond motifs is 1. The van der Waals surface area contributed by atoms with Crippen LogP contribution in [-0.4, -0.2) is 50.9 Å². The first-order valence-electron chi connectivity index (χ1n) is 10.0. The summed E-state index contributed by atoms with van der Waals surface area (Å²) in [6.45, 7) is 1.55. The van der Waals surface area contributed by atoms with E-state index in [2.05, 4.69) is 10.1 Å². The van der Waals surface area contributed by atoms with Crippen LogP contribution in [0.4, 0.5) is 0 Å². The molecule has 1 aromatic carbocycles. The molecule has 9 heteroatoms. The SMILES string of the molecule is N=C1C(=Cc2ccc(-c3ccccc3)o2)C(=O)N=C2SC(CC(=O)N3CCCC3)=NN12. The second kappa shape index (κ2) is 7.99. The van der Waals surface area contributed by atoms with Crippen molar-refractivity contribution in [3.8, 4) is 11.3 Å². The summed E-state index contributed by atoms with van der Waals surface area (Å²) >= 11 is 1.17. The molecule has 1 aromatic heterocycles. The Morgan fingerprint density at radius 3 is 2.71 bits per heavy atom. The van der Waals surface area contributed by atoms with Crippen LogP contribution >= 0.6 is 11.8 Å². The van der Waals surface area contributed by atoms with Crippen LogP contribution in [0.15, 0.2) is 62.5 Å². The van der Waals surface area contributed by atoms with Gasteiger partial charge in [-0.2, -0.15) is 15.1 Å². The lowest BCUT2D eigenvalue weighted by Gasteiger charge is -2.19. The average molecular weight is 433 g/mol. The molecule has 0 aliphatic carbocycles. The second-order valence-electron chi connectivity index (χ2n) is 7.35. The number of likely N-dealkylation sites (tertiary alicyclic amines) is 1. The first-order valence-corrected chi connectivity index (χ1v) is 10.8. The highest BCUT2D eigenvalue weighted by Gasteiger charge is 2.36. The van der Waals surface area contributed by atoms with E-state index in [9.17, 15) is 9.59 Å². The molecule has 0 spiro atoms. The summed E-state index contributed by atoms with van der Waals surface area (Å²) in [7, 11) is 0. The zero-order chi connectivity index (χ0) is 21.4. The molecule has 1 saturated heterocycles. The molecule has 0 atom stereocenters. The molecule has 0 saturated carbocycles. The lowest BCUT2D eigenvalue weighted by Crippen LogP contribution is -2.35. The van der Waals surface area contributed by atoms with E-state index in [1.807, 2.05) is 41.3 Å². The zero-order valence-corrected chi connectivity index (χ0v) is 17.4. The molecule has 1 fully saturated rings. The molecule has 0 bridgehead atoms. The highest BCUT2D eigenvalue weighted by atomic mass is 32.2. The van der Waals surface area contributed by atoms with Gasteiger partial charge in [0.25, 0.3) is 5.91 Å². The maximum atomic E-state index is 12.6. The van der Waals surface area contributed by atoms with Gasteiger partial charge in [0.1, 0.15) is 16.6 Å². The van der Waals surface area contributed by atoms with Gasteiger partial charge in [-0.25, -0.2) is 0 Å². The largest absolute Gasteiger partial charge is 0.457 e.